The molecule has 0 heterocycles. The van der Waals surface area contributed by atoms with Crippen LogP contribution in [0.5, 0.6) is 0 Å². The second-order valence-corrected chi connectivity index (χ2v) is 3.43. The minimum atomic E-state index is -2.83. The Morgan fingerprint density at radius 2 is 2.45 bits per heavy atom. The molecule has 0 radical (unpaired) electrons. The smallest absolute Gasteiger partial charge is 0.358 e. The van der Waals surface area contributed by atoms with Crippen LogP contribution in [0.1, 0.15) is 0 Å². The van der Waals surface area contributed by atoms with E-state index in [-0.39, 0.29) is 5.75 Å². The summed E-state index contributed by atoms with van der Waals surface area (Å²) in [6.45, 7) is 0. The number of aliphatic carboxylic acids is 1. The predicted octanol–water partition coefficient (Wildman–Crippen LogP) is 0.666. The van der Waals surface area contributed by atoms with Gasteiger partial charge in [-0.15, -0.1) is 11.6 Å². The van der Waals surface area contributed by atoms with Gasteiger partial charge in [0.2, 0.25) is 0 Å². The summed E-state index contributed by atoms with van der Waals surface area (Å²) in [6, 6.07) is 0. The van der Waals surface area contributed by atoms with E-state index in [1.165, 1.54) is 11.8 Å². The topological polar surface area (TPSA) is 63.3 Å². The van der Waals surface area contributed by atoms with Crippen molar-refractivity contribution in [3.8, 4) is 0 Å². The van der Waals surface area contributed by atoms with Gasteiger partial charge in [-0.3, -0.25) is 5.73 Å². The van der Waals surface area contributed by atoms with Crippen LogP contribution in [0.3, 0.4) is 0 Å². The molecule has 0 aromatic carbocycles. The van der Waals surface area contributed by atoms with Gasteiger partial charge < -0.3 is 5.11 Å². The van der Waals surface area contributed by atoms with Crippen LogP contribution in [0.2, 0.25) is 0 Å². The van der Waals surface area contributed by atoms with Gasteiger partial charge in [0.25, 0.3) is 5.79 Å². The minimum Gasteiger partial charge on any atom is -0.478 e. The number of carbonyl (C=O) groups is 1. The zero-order valence-electron chi connectivity index (χ0n) is 5.88. The Morgan fingerprint density at radius 3 is 2.73 bits per heavy atom. The van der Waals surface area contributed by atoms with Crippen LogP contribution in [0, 0.1) is 0 Å². The molecule has 0 spiro atoms. The molecule has 0 amide bonds. The molecule has 2 atom stereocenters. The molecular weight excluding hydrogens is 193 g/mol. The van der Waals surface area contributed by atoms with E-state index >= 15 is 0 Å². The van der Waals surface area contributed by atoms with Crippen molar-refractivity contribution < 1.29 is 14.3 Å². The summed E-state index contributed by atoms with van der Waals surface area (Å²) in [6.07, 6.45) is 1.69. The number of carboxylic acids is 1. The fourth-order valence-electron chi connectivity index (χ4n) is 0.402. The van der Waals surface area contributed by atoms with E-state index in [1.807, 2.05) is 0 Å². The molecule has 0 fully saturated rings. The van der Waals surface area contributed by atoms with Gasteiger partial charge in [-0.25, -0.2) is 9.18 Å². The Hall–Kier alpha value is -0.000000000000000222. The zero-order chi connectivity index (χ0) is 9.07. The van der Waals surface area contributed by atoms with Gasteiger partial charge in [0.15, 0.2) is 0 Å². The predicted molar refractivity (Wildman–Crippen MR) is 43.7 cm³/mol. The third-order valence-corrected chi connectivity index (χ3v) is 2.42. The van der Waals surface area contributed by atoms with Crippen LogP contribution in [0.15, 0.2) is 0 Å². The van der Waals surface area contributed by atoms with Crippen molar-refractivity contribution in [2.45, 2.75) is 11.2 Å². The molecule has 0 saturated heterocycles. The van der Waals surface area contributed by atoms with E-state index in [0.717, 1.165) is 0 Å². The van der Waals surface area contributed by atoms with Crippen LogP contribution >= 0.6 is 23.4 Å². The average molecular weight is 202 g/mol. The number of thioether (sulfide) groups is 1. The SMILES string of the molecule is CSCC(Cl)C(N)(F)C(=O)O. The molecule has 3 N–H and O–H groups in total. The highest BCUT2D eigenvalue weighted by Gasteiger charge is 2.41. The lowest BCUT2D eigenvalue weighted by molar-refractivity contribution is -0.150. The molecule has 0 saturated carbocycles. The highest BCUT2D eigenvalue weighted by Crippen LogP contribution is 2.19. The lowest BCUT2D eigenvalue weighted by Gasteiger charge is -2.19. The van der Waals surface area contributed by atoms with Crippen molar-refractivity contribution in [1.29, 1.82) is 0 Å². The van der Waals surface area contributed by atoms with E-state index in [9.17, 15) is 9.18 Å². The molecular formula is C5H9ClFNO2S. The number of hydrogen-bond acceptors (Lipinski definition) is 3. The van der Waals surface area contributed by atoms with E-state index in [0.29, 0.717) is 0 Å². The first-order valence-corrected chi connectivity index (χ1v) is 4.60. The van der Waals surface area contributed by atoms with Gasteiger partial charge in [0, 0.05) is 5.75 Å². The van der Waals surface area contributed by atoms with Crippen LogP contribution in [0.4, 0.5) is 4.39 Å². The van der Waals surface area contributed by atoms with Gasteiger partial charge in [0.1, 0.15) is 5.38 Å². The lowest BCUT2D eigenvalue weighted by Crippen LogP contribution is -2.52. The number of carboxylic acid groups (broad SMARTS) is 1. The maximum atomic E-state index is 12.8. The Morgan fingerprint density at radius 1 is 2.00 bits per heavy atom. The molecule has 3 nitrogen and oxygen atoms in total. The number of alkyl halides is 2. The fraction of sp³-hybridized carbons (Fsp3) is 0.800. The van der Waals surface area contributed by atoms with Crippen LogP contribution in [0.25, 0.3) is 0 Å². The van der Waals surface area contributed by atoms with Gasteiger partial charge in [-0.2, -0.15) is 11.8 Å². The third-order valence-electron chi connectivity index (χ3n) is 1.10. The average Bonchev–Trinajstić information content (AvgIpc) is 1.88. The highest BCUT2D eigenvalue weighted by molar-refractivity contribution is 7.98. The summed E-state index contributed by atoms with van der Waals surface area (Å²) < 4.78 is 12.8. The second kappa shape index (κ2) is 4.13. The largest absolute Gasteiger partial charge is 0.478 e. The summed E-state index contributed by atoms with van der Waals surface area (Å²) >= 11 is 6.60. The summed E-state index contributed by atoms with van der Waals surface area (Å²) in [5.74, 6) is -4.39. The van der Waals surface area contributed by atoms with Crippen molar-refractivity contribution in [2.24, 2.45) is 5.73 Å². The molecule has 0 aromatic rings. The quantitative estimate of drug-likeness (QED) is 0.518. The molecule has 0 aromatic heterocycles. The maximum absolute atomic E-state index is 12.8. The normalized spacial score (nSPS) is 18.9. The van der Waals surface area contributed by atoms with E-state index in [4.69, 9.17) is 22.4 Å². The molecule has 6 heteroatoms. The van der Waals surface area contributed by atoms with Crippen molar-refractivity contribution >= 4 is 29.3 Å². The molecule has 2 unspecified atom stereocenters. The van der Waals surface area contributed by atoms with Crippen LogP contribution in [-0.4, -0.2) is 34.3 Å². The van der Waals surface area contributed by atoms with Gasteiger partial charge in [-0.1, -0.05) is 0 Å². The highest BCUT2D eigenvalue weighted by atomic mass is 35.5. The minimum absolute atomic E-state index is 0.168. The molecule has 0 aliphatic carbocycles. The van der Waals surface area contributed by atoms with Crippen LogP contribution < -0.4 is 5.73 Å². The number of rotatable bonds is 4. The molecule has 0 bridgehead atoms. The van der Waals surface area contributed by atoms with Crippen LogP contribution in [-0.2, 0) is 4.79 Å². The number of hydrogen-bond donors (Lipinski definition) is 2. The summed E-state index contributed by atoms with van der Waals surface area (Å²) in [5, 5.41) is 7.05. The standard InChI is InChI=1S/C5H9ClFNO2S/c1-11-2-3(6)5(7,8)4(9)10/h3H,2,8H2,1H3,(H,9,10). The molecule has 66 valence electrons. The molecule has 0 aliphatic rings. The van der Waals surface area contributed by atoms with E-state index < -0.39 is 17.1 Å². The van der Waals surface area contributed by atoms with Gasteiger partial charge in [-0.05, 0) is 6.26 Å². The molecule has 11 heavy (non-hydrogen) atoms. The van der Waals surface area contributed by atoms with Gasteiger partial charge in [0.05, 0.1) is 0 Å². The molecule has 0 rings (SSSR count). The van der Waals surface area contributed by atoms with E-state index in [1.54, 1.807) is 6.26 Å². The number of halogens is 2. The summed E-state index contributed by atoms with van der Waals surface area (Å²) in [4.78, 5) is 10.1. The lowest BCUT2D eigenvalue weighted by atomic mass is 10.2. The summed E-state index contributed by atoms with van der Waals surface area (Å²) in [7, 11) is 0. The van der Waals surface area contributed by atoms with Crippen molar-refractivity contribution in [3.05, 3.63) is 0 Å². The second-order valence-electron chi connectivity index (χ2n) is 2.00. The monoisotopic (exact) mass is 201 g/mol. The Labute approximate surface area is 73.1 Å². The zero-order valence-corrected chi connectivity index (χ0v) is 7.45. The van der Waals surface area contributed by atoms with Crippen molar-refractivity contribution in [2.75, 3.05) is 12.0 Å². The molecule has 0 aliphatic heterocycles. The third kappa shape index (κ3) is 2.84. The van der Waals surface area contributed by atoms with Gasteiger partial charge >= 0.3 is 5.97 Å². The first kappa shape index (κ1) is 11.0. The first-order chi connectivity index (χ1) is 4.92. The Kier molecular flexibility index (Phi) is 4.13. The van der Waals surface area contributed by atoms with Crippen molar-refractivity contribution in [3.63, 3.8) is 0 Å². The van der Waals surface area contributed by atoms with Crippen molar-refractivity contribution in [1.82, 2.24) is 0 Å². The Bertz CT molecular complexity index is 155. The summed E-state index contributed by atoms with van der Waals surface area (Å²) in [5.41, 5.74) is 4.78. The first-order valence-electron chi connectivity index (χ1n) is 2.77. The maximum Gasteiger partial charge on any atom is 0.358 e. The Balaban J connectivity index is 4.17. The fourth-order valence-corrected chi connectivity index (χ4v) is 1.41. The van der Waals surface area contributed by atoms with E-state index in [2.05, 4.69) is 0 Å². The number of nitrogens with two attached hydrogens (primary N) is 1.